The predicted molar refractivity (Wildman–Crippen MR) is 60.0 cm³/mol. The molecule has 1 aliphatic heterocycles. The molecule has 1 aliphatic rings. The molecule has 0 radical (unpaired) electrons. The second-order valence-electron chi connectivity index (χ2n) is 3.63. The molecule has 0 aliphatic carbocycles. The number of hydrazine groups is 1. The summed E-state index contributed by atoms with van der Waals surface area (Å²) in [6.45, 7) is 1.14. The lowest BCUT2D eigenvalue weighted by molar-refractivity contribution is 0.477. The summed E-state index contributed by atoms with van der Waals surface area (Å²) in [7, 11) is -3.45. The number of pyridine rings is 1. The van der Waals surface area contributed by atoms with Gasteiger partial charge in [0.05, 0.1) is 5.69 Å². The van der Waals surface area contributed by atoms with E-state index in [1.54, 1.807) is 6.07 Å². The minimum absolute atomic E-state index is 0.138. The van der Waals surface area contributed by atoms with Crippen LogP contribution in [0, 0.1) is 0 Å². The van der Waals surface area contributed by atoms with Gasteiger partial charge in [-0.2, -0.15) is 4.31 Å². The highest BCUT2D eigenvalue weighted by molar-refractivity contribution is 7.89. The first-order valence-corrected chi connectivity index (χ1v) is 6.51. The van der Waals surface area contributed by atoms with Crippen molar-refractivity contribution in [2.45, 2.75) is 17.7 Å². The Bertz CT molecular complexity index is 468. The summed E-state index contributed by atoms with van der Waals surface area (Å²) >= 11 is 0. The summed E-state index contributed by atoms with van der Waals surface area (Å²) in [6.07, 6.45) is 4.64. The number of rotatable bonds is 3. The Kier molecular flexibility index (Phi) is 3.08. The van der Waals surface area contributed by atoms with Gasteiger partial charge in [0.15, 0.2) is 0 Å². The van der Waals surface area contributed by atoms with Crippen LogP contribution in [0.25, 0.3) is 0 Å². The van der Waals surface area contributed by atoms with Gasteiger partial charge < -0.3 is 5.43 Å². The maximum atomic E-state index is 12.2. The van der Waals surface area contributed by atoms with Crippen molar-refractivity contribution in [2.75, 3.05) is 18.5 Å². The first kappa shape index (κ1) is 11.3. The molecule has 0 unspecified atom stereocenters. The Morgan fingerprint density at radius 1 is 1.38 bits per heavy atom. The number of nitrogens with one attached hydrogen (secondary N) is 1. The van der Waals surface area contributed by atoms with Crippen molar-refractivity contribution in [3.05, 3.63) is 18.5 Å². The van der Waals surface area contributed by atoms with Crippen molar-refractivity contribution < 1.29 is 8.42 Å². The molecule has 3 N–H and O–H groups in total. The molecular weight excluding hydrogens is 228 g/mol. The lowest BCUT2D eigenvalue weighted by Gasteiger charge is -2.17. The number of sulfonamides is 1. The van der Waals surface area contributed by atoms with Gasteiger partial charge in [0, 0.05) is 25.5 Å². The zero-order valence-corrected chi connectivity index (χ0v) is 9.57. The van der Waals surface area contributed by atoms with Crippen LogP contribution in [-0.4, -0.2) is 30.8 Å². The summed E-state index contributed by atoms with van der Waals surface area (Å²) in [5, 5.41) is 0. The minimum Gasteiger partial charge on any atom is -0.323 e. The van der Waals surface area contributed by atoms with Crippen molar-refractivity contribution in [3.8, 4) is 0 Å². The van der Waals surface area contributed by atoms with Gasteiger partial charge in [-0.05, 0) is 18.9 Å². The topological polar surface area (TPSA) is 88.3 Å². The Labute approximate surface area is 94.5 Å². The molecule has 1 aromatic rings. The van der Waals surface area contributed by atoms with E-state index in [1.165, 1.54) is 16.7 Å². The van der Waals surface area contributed by atoms with Crippen molar-refractivity contribution in [1.82, 2.24) is 9.29 Å². The first-order valence-electron chi connectivity index (χ1n) is 5.07. The van der Waals surface area contributed by atoms with Gasteiger partial charge in [0.25, 0.3) is 0 Å². The van der Waals surface area contributed by atoms with Crippen LogP contribution < -0.4 is 11.3 Å². The molecular formula is C9H14N4O2S. The molecule has 1 aromatic heterocycles. The molecule has 7 heteroatoms. The maximum absolute atomic E-state index is 12.2. The van der Waals surface area contributed by atoms with Crippen molar-refractivity contribution in [3.63, 3.8) is 0 Å². The second kappa shape index (κ2) is 4.36. The van der Waals surface area contributed by atoms with Gasteiger partial charge in [-0.25, -0.2) is 8.42 Å². The van der Waals surface area contributed by atoms with E-state index in [-0.39, 0.29) is 4.90 Å². The highest BCUT2D eigenvalue weighted by atomic mass is 32.2. The van der Waals surface area contributed by atoms with Crippen LogP contribution in [0.3, 0.4) is 0 Å². The molecule has 88 valence electrons. The molecule has 1 saturated heterocycles. The Morgan fingerprint density at radius 2 is 2.06 bits per heavy atom. The first-order chi connectivity index (χ1) is 7.66. The third-order valence-electron chi connectivity index (χ3n) is 2.62. The van der Waals surface area contributed by atoms with Crippen LogP contribution in [0.15, 0.2) is 23.4 Å². The molecule has 0 atom stereocenters. The molecule has 2 rings (SSSR count). The lowest BCUT2D eigenvalue weighted by atomic mass is 10.4. The lowest BCUT2D eigenvalue weighted by Crippen LogP contribution is -2.29. The highest BCUT2D eigenvalue weighted by Crippen LogP contribution is 2.25. The number of nitrogen functional groups attached to an aromatic ring is 1. The molecule has 0 bridgehead atoms. The molecule has 0 aromatic carbocycles. The summed E-state index contributed by atoms with van der Waals surface area (Å²) in [5.41, 5.74) is 2.76. The second-order valence-corrected chi connectivity index (χ2v) is 5.53. The zero-order chi connectivity index (χ0) is 11.6. The molecule has 16 heavy (non-hydrogen) atoms. The summed E-state index contributed by atoms with van der Waals surface area (Å²) < 4.78 is 25.9. The Balaban J connectivity index is 2.42. The van der Waals surface area contributed by atoms with E-state index in [1.807, 2.05) is 0 Å². The monoisotopic (exact) mass is 242 g/mol. The van der Waals surface area contributed by atoms with Gasteiger partial charge in [0.2, 0.25) is 10.0 Å². The van der Waals surface area contributed by atoms with E-state index in [0.717, 1.165) is 12.8 Å². The SMILES string of the molecule is NNc1ccncc1S(=O)(=O)N1CCCC1. The number of nitrogens with zero attached hydrogens (tertiary/aromatic N) is 2. The highest BCUT2D eigenvalue weighted by Gasteiger charge is 2.29. The summed E-state index contributed by atoms with van der Waals surface area (Å²) in [5.74, 6) is 5.29. The van der Waals surface area contributed by atoms with Crippen molar-refractivity contribution in [2.24, 2.45) is 5.84 Å². The largest absolute Gasteiger partial charge is 0.323 e. The third kappa shape index (κ3) is 1.89. The third-order valence-corrected chi connectivity index (χ3v) is 4.55. The Hall–Kier alpha value is -1.18. The maximum Gasteiger partial charge on any atom is 0.246 e. The van der Waals surface area contributed by atoms with E-state index < -0.39 is 10.0 Å². The quantitative estimate of drug-likeness (QED) is 0.582. The van der Waals surface area contributed by atoms with Gasteiger partial charge in [-0.15, -0.1) is 0 Å². The minimum atomic E-state index is -3.45. The molecule has 0 amide bonds. The Morgan fingerprint density at radius 3 is 2.69 bits per heavy atom. The van der Waals surface area contributed by atoms with E-state index in [9.17, 15) is 8.42 Å². The van der Waals surface area contributed by atoms with E-state index in [2.05, 4.69) is 10.4 Å². The van der Waals surface area contributed by atoms with Gasteiger partial charge in [0.1, 0.15) is 4.90 Å². The molecule has 0 saturated carbocycles. The standard InChI is InChI=1S/C9H14N4O2S/c10-12-8-3-4-11-7-9(8)16(14,15)13-5-1-2-6-13/h3-4,7H,1-2,5-6,10H2,(H,11,12). The van der Waals surface area contributed by atoms with Gasteiger partial charge >= 0.3 is 0 Å². The summed E-state index contributed by atoms with van der Waals surface area (Å²) in [6, 6.07) is 1.54. The molecule has 1 fully saturated rings. The number of hydrogen-bond acceptors (Lipinski definition) is 5. The fraction of sp³-hybridized carbons (Fsp3) is 0.444. The molecule has 6 nitrogen and oxygen atoms in total. The van der Waals surface area contributed by atoms with E-state index in [0.29, 0.717) is 18.8 Å². The normalized spacial score (nSPS) is 17.6. The van der Waals surface area contributed by atoms with Gasteiger partial charge in [-0.1, -0.05) is 0 Å². The van der Waals surface area contributed by atoms with Crippen LogP contribution in [-0.2, 0) is 10.0 Å². The zero-order valence-electron chi connectivity index (χ0n) is 8.76. The number of aromatic nitrogens is 1. The van der Waals surface area contributed by atoms with Crippen LogP contribution >= 0.6 is 0 Å². The average Bonchev–Trinajstić information content (AvgIpc) is 2.83. The van der Waals surface area contributed by atoms with Crippen LogP contribution in [0.4, 0.5) is 5.69 Å². The smallest absolute Gasteiger partial charge is 0.246 e. The number of anilines is 1. The fourth-order valence-corrected chi connectivity index (χ4v) is 3.39. The predicted octanol–water partition coefficient (Wildman–Crippen LogP) is 0.152. The van der Waals surface area contributed by atoms with E-state index in [4.69, 9.17) is 5.84 Å². The van der Waals surface area contributed by atoms with Crippen LogP contribution in [0.1, 0.15) is 12.8 Å². The number of nitrogens with two attached hydrogens (primary N) is 1. The molecule has 0 spiro atoms. The summed E-state index contributed by atoms with van der Waals surface area (Å²) in [4.78, 5) is 3.97. The number of hydrogen-bond donors (Lipinski definition) is 2. The molecule has 2 heterocycles. The van der Waals surface area contributed by atoms with Crippen LogP contribution in [0.5, 0.6) is 0 Å². The van der Waals surface area contributed by atoms with E-state index >= 15 is 0 Å². The fourth-order valence-electron chi connectivity index (χ4n) is 1.77. The average molecular weight is 242 g/mol. The van der Waals surface area contributed by atoms with Crippen molar-refractivity contribution >= 4 is 15.7 Å². The van der Waals surface area contributed by atoms with Crippen molar-refractivity contribution in [1.29, 1.82) is 0 Å². The van der Waals surface area contributed by atoms with Crippen LogP contribution in [0.2, 0.25) is 0 Å². The van der Waals surface area contributed by atoms with Gasteiger partial charge in [-0.3, -0.25) is 10.8 Å².